The molecule has 172 valence electrons. The molecule has 0 heterocycles. The van der Waals surface area contributed by atoms with Crippen molar-refractivity contribution in [2.75, 3.05) is 6.61 Å². The van der Waals surface area contributed by atoms with Crippen LogP contribution in [0.3, 0.4) is 0 Å². The van der Waals surface area contributed by atoms with Crippen molar-refractivity contribution in [1.82, 2.24) is 3.26 Å². The van der Waals surface area contributed by atoms with Crippen molar-refractivity contribution in [3.63, 3.8) is 0 Å². The molecule has 1 N–H and O–H groups in total. The normalized spacial score (nSPS) is 18.4. The van der Waals surface area contributed by atoms with Gasteiger partial charge in [0.1, 0.15) is 0 Å². The fraction of sp³-hybridized carbons (Fsp3) is 0.480. The van der Waals surface area contributed by atoms with E-state index in [-0.39, 0.29) is 9.16 Å². The monoisotopic (exact) mass is 557 g/mol. The van der Waals surface area contributed by atoms with Gasteiger partial charge >= 0.3 is 193 Å². The zero-order valence-corrected chi connectivity index (χ0v) is 25.2. The number of hydrogen-bond donors (Lipinski definition) is 1. The van der Waals surface area contributed by atoms with Crippen molar-refractivity contribution in [2.45, 2.75) is 64.8 Å². The summed E-state index contributed by atoms with van der Waals surface area (Å²) in [5.41, 5.74) is 4.46. The van der Waals surface area contributed by atoms with Crippen molar-refractivity contribution in [1.29, 1.82) is 0 Å². The van der Waals surface area contributed by atoms with Crippen LogP contribution in [0.1, 0.15) is 41.9 Å². The minimum absolute atomic E-state index is 0.196. The van der Waals surface area contributed by atoms with E-state index in [4.69, 9.17) is 25.7 Å². The van der Waals surface area contributed by atoms with Gasteiger partial charge in [0.15, 0.2) is 0 Å². The van der Waals surface area contributed by atoms with Crippen LogP contribution in [0.4, 0.5) is 0 Å². The first-order valence-electron chi connectivity index (χ1n) is 11.3. The predicted octanol–water partition coefficient (Wildman–Crippen LogP) is 8.27. The van der Waals surface area contributed by atoms with E-state index in [1.54, 1.807) is 0 Å². The molecule has 0 atom stereocenters. The van der Waals surface area contributed by atoms with Crippen LogP contribution in [0.25, 0.3) is 11.1 Å². The van der Waals surface area contributed by atoms with Gasteiger partial charge in [0.2, 0.25) is 0 Å². The van der Waals surface area contributed by atoms with Gasteiger partial charge in [-0.2, -0.15) is 0 Å². The molecule has 0 amide bonds. The summed E-state index contributed by atoms with van der Waals surface area (Å²) in [6.45, 7) is 13.7. The van der Waals surface area contributed by atoms with Gasteiger partial charge in [-0.25, -0.2) is 0 Å². The van der Waals surface area contributed by atoms with Gasteiger partial charge in [0.05, 0.1) is 0 Å². The molecule has 3 rings (SSSR count). The van der Waals surface area contributed by atoms with E-state index in [1.165, 1.54) is 22.3 Å². The van der Waals surface area contributed by atoms with Crippen LogP contribution in [-0.4, -0.2) is 24.7 Å². The molecule has 0 radical (unpaired) electrons. The fourth-order valence-corrected chi connectivity index (χ4v) is 33.1. The molecule has 0 aromatic heterocycles. The Kier molecular flexibility index (Phi) is 5.55. The molecule has 2 aromatic carbocycles. The molecule has 6 heteroatoms. The summed E-state index contributed by atoms with van der Waals surface area (Å²) in [6.07, 6.45) is 0.767. The van der Waals surface area contributed by atoms with Gasteiger partial charge < -0.3 is 0 Å². The fourth-order valence-electron chi connectivity index (χ4n) is 6.06. The Hall–Kier alpha value is -0.0900. The third-order valence-corrected chi connectivity index (χ3v) is 29.6. The van der Waals surface area contributed by atoms with Crippen LogP contribution in [0, 0.1) is 0 Å². The minimum atomic E-state index is -6.01. The van der Waals surface area contributed by atoms with Gasteiger partial charge in [0, 0.05) is 0 Å². The van der Waals surface area contributed by atoms with Crippen LogP contribution in [0.5, 0.6) is 0 Å². The molecule has 0 aliphatic heterocycles. The van der Waals surface area contributed by atoms with Gasteiger partial charge in [-0.1, -0.05) is 0 Å². The average Bonchev–Trinajstić information content (AvgIpc) is 2.92. The van der Waals surface area contributed by atoms with Gasteiger partial charge in [0.25, 0.3) is 0 Å². The van der Waals surface area contributed by atoms with Crippen molar-refractivity contribution >= 4 is 29.6 Å². The van der Waals surface area contributed by atoms with Crippen LogP contribution < -0.4 is 3.26 Å². The first-order valence-corrected chi connectivity index (χ1v) is 29.7. The Balaban J connectivity index is 2.25. The van der Waals surface area contributed by atoms with E-state index < -0.39 is 21.6 Å². The summed E-state index contributed by atoms with van der Waals surface area (Å²) >= 11 is -6.01. The molecule has 0 bridgehead atoms. The Morgan fingerprint density at radius 3 is 1.84 bits per heavy atom. The van der Waals surface area contributed by atoms with Crippen molar-refractivity contribution in [3.05, 3.63) is 59.7 Å². The maximum absolute atomic E-state index is 8.09. The summed E-state index contributed by atoms with van der Waals surface area (Å²) in [5, 5.41) is 0. The molecule has 0 spiro atoms. The second-order valence-corrected chi connectivity index (χ2v) is 58.3. The molecule has 31 heavy (non-hydrogen) atoms. The molecule has 2 nitrogen and oxygen atoms in total. The van der Waals surface area contributed by atoms with Crippen LogP contribution in [-0.2, 0) is 17.7 Å². The van der Waals surface area contributed by atoms with E-state index in [0.29, 0.717) is 10.7 Å². The molecule has 0 fully saturated rings. The van der Waals surface area contributed by atoms with Crippen molar-refractivity contribution in [2.24, 2.45) is 0 Å². The molecular formula is C25H39Cl2NOSiZr. The number of fused-ring (bicyclic) bond motifs is 3. The first kappa shape index (κ1) is 25.5. The van der Waals surface area contributed by atoms with Gasteiger partial charge in [-0.15, -0.1) is 0 Å². The zero-order valence-electron chi connectivity index (χ0n) is 20.2. The summed E-state index contributed by atoms with van der Waals surface area (Å²) in [7, 11) is 14.6. The number of hydrogen-bond acceptors (Lipinski definition) is 2. The molecular weight excluding hydrogens is 520 g/mol. The third-order valence-electron chi connectivity index (χ3n) is 6.48. The summed E-state index contributed by atoms with van der Waals surface area (Å²) in [5.74, 6) is 0. The maximum atomic E-state index is 8.09. The quantitative estimate of drug-likeness (QED) is 0.272. The van der Waals surface area contributed by atoms with E-state index in [2.05, 4.69) is 96.8 Å². The van der Waals surface area contributed by atoms with E-state index in [0.717, 1.165) is 6.42 Å². The summed E-state index contributed by atoms with van der Waals surface area (Å²) in [4.78, 5) is 0. The Bertz CT molecular complexity index is 1090. The molecule has 1 aliphatic carbocycles. The first-order chi connectivity index (χ1) is 13.8. The summed E-state index contributed by atoms with van der Waals surface area (Å²) in [6, 6.07) is 17.0. The summed E-state index contributed by atoms with van der Waals surface area (Å²) < 4.78 is 17.5. The third kappa shape index (κ3) is 5.20. The molecule has 2 aromatic rings. The Morgan fingerprint density at radius 2 is 1.42 bits per heavy atom. The number of rotatable bonds is 7. The molecule has 1 aliphatic rings. The van der Waals surface area contributed by atoms with Gasteiger partial charge in [-0.05, 0) is 0 Å². The van der Waals surface area contributed by atoms with Crippen molar-refractivity contribution in [3.8, 4) is 11.1 Å². The standard InChI is InChI=1S/C13H9.C6H15OSi.C4H10N.CH3.CH2.2ClH.Zr/c1-3-7-12-10(5-1)9-11-6-2-4-8-13(11)12;1-5-6-7-8(2,3)4;1-4(2,3)5;;;;;/h1-9H;1,5-6H2,2-4H3;5H,1-3H3;1H3;1H2;2*1H;/q;;-1;;;;;+3/p-2. The average molecular weight is 560 g/mol. The van der Waals surface area contributed by atoms with Gasteiger partial charge in [-0.3, -0.25) is 0 Å². The SMILES string of the molecule is [CH2]=[Zr]([CH3])([Cl])([Cl])([CH2]CCO[Si](C)(C)C)([NH]C(C)(C)C)[CH]1c2ccccc2-c2ccccc21. The Labute approximate surface area is 191 Å². The molecule has 0 saturated heterocycles. The second kappa shape index (κ2) is 6.74. The van der Waals surface area contributed by atoms with Crippen molar-refractivity contribution < 1.29 is 17.7 Å². The molecule has 0 unspecified atom stereocenters. The van der Waals surface area contributed by atoms with E-state index in [1.807, 2.05) is 0 Å². The van der Waals surface area contributed by atoms with Crippen LogP contribution >= 0.6 is 17.0 Å². The van der Waals surface area contributed by atoms with Crippen LogP contribution in [0.15, 0.2) is 48.5 Å². The topological polar surface area (TPSA) is 21.3 Å². The Morgan fingerprint density at radius 1 is 0.968 bits per heavy atom. The second-order valence-electron chi connectivity index (χ2n) is 12.8. The predicted molar refractivity (Wildman–Crippen MR) is 140 cm³/mol. The van der Waals surface area contributed by atoms with E-state index >= 15 is 0 Å². The number of benzene rings is 2. The zero-order chi connectivity index (χ0) is 23.5. The molecule has 0 saturated carbocycles. The van der Waals surface area contributed by atoms with E-state index in [9.17, 15) is 0 Å². The number of nitrogens with one attached hydrogen (secondary N) is 1. The van der Waals surface area contributed by atoms with Crippen LogP contribution in [0.2, 0.25) is 28.4 Å². The number of halogens is 2.